The van der Waals surface area contributed by atoms with Crippen LogP contribution in [0.1, 0.15) is 128 Å². The maximum Gasteiger partial charge on any atom is 1.00 e. The number of hydrogen-bond donors (Lipinski definition) is 3. The molecule has 0 saturated carbocycles. The number of rotatable bonds is 22. The number of benzene rings is 6. The molecule has 584 valence electrons. The molecule has 0 radical (unpaired) electrons. The molecule has 0 atom stereocenters. The van der Waals surface area contributed by atoms with E-state index in [-0.39, 0.29) is 143 Å². The molecule has 0 amide bonds. The van der Waals surface area contributed by atoms with Crippen molar-refractivity contribution >= 4 is 76.5 Å². The minimum absolute atomic E-state index is 0. The third-order valence-electron chi connectivity index (χ3n) is 13.8. The third-order valence-corrected chi connectivity index (χ3v) is 18.1. The maximum atomic E-state index is 13.8. The first-order chi connectivity index (χ1) is 67.8. The van der Waals surface area contributed by atoms with Gasteiger partial charge in [0.25, 0.3) is 15.9 Å². The molecule has 0 bridgehead atoms. The molecule has 0 aliphatic carbocycles. The molecule has 0 fully saturated rings. The summed E-state index contributed by atoms with van der Waals surface area (Å²) in [7, 11) is -22.2. The van der Waals surface area contributed by atoms with Gasteiger partial charge in [0.1, 0.15) is 6.61 Å². The van der Waals surface area contributed by atoms with Crippen molar-refractivity contribution < 1.29 is 164 Å². The van der Waals surface area contributed by atoms with Crippen LogP contribution >= 0.6 is 34.8 Å². The second-order valence-electron chi connectivity index (χ2n) is 21.8. The van der Waals surface area contributed by atoms with Crippen LogP contribution < -0.4 is 94.4 Å². The van der Waals surface area contributed by atoms with Crippen molar-refractivity contribution in [2.45, 2.75) is 92.6 Å². The maximum absolute atomic E-state index is 13.8. The summed E-state index contributed by atoms with van der Waals surface area (Å²) in [6, 6.07) is 31.4. The van der Waals surface area contributed by atoms with Gasteiger partial charge in [-0.05, 0) is 130 Å². The van der Waals surface area contributed by atoms with Crippen LogP contribution in [0.5, 0.6) is 57.6 Å². The molecule has 36 heteroatoms. The van der Waals surface area contributed by atoms with Crippen molar-refractivity contribution in [3.63, 3.8) is 0 Å². The van der Waals surface area contributed by atoms with Crippen LogP contribution in [0.2, 0.25) is 15.5 Å². The Morgan fingerprint density at radius 2 is 0.770 bits per heavy atom. The van der Waals surface area contributed by atoms with Gasteiger partial charge in [0.15, 0.2) is 79.0 Å². The molecule has 6 heterocycles. The number of aliphatic hydroxyl groups is 1. The number of nitrogens with one attached hydrogen (secondary N) is 1. The van der Waals surface area contributed by atoms with Crippen LogP contribution in [0.25, 0.3) is 39.7 Å². The Bertz CT molecular complexity index is 6900. The van der Waals surface area contributed by atoms with E-state index in [0.29, 0.717) is 0 Å². The zero-order valence-electron chi connectivity index (χ0n) is 93.5. The first-order valence-electron chi connectivity index (χ1n) is 48.8. The van der Waals surface area contributed by atoms with Crippen LogP contribution in [0, 0.1) is 0 Å². The van der Waals surface area contributed by atoms with E-state index in [2.05, 4.69) is 69.3 Å². The number of aromatic nitrogens is 12. The Hall–Kier alpha value is -9.72. The Morgan fingerprint density at radius 1 is 0.425 bits per heavy atom. The number of anilines is 1. The van der Waals surface area contributed by atoms with Crippen molar-refractivity contribution in [3.05, 3.63) is 238 Å². The fourth-order valence-corrected chi connectivity index (χ4v) is 11.7. The number of halogens is 3. The summed E-state index contributed by atoms with van der Waals surface area (Å²) in [4.78, 5) is 47.2. The summed E-state index contributed by atoms with van der Waals surface area (Å²) in [5.41, 5.74) is -11.8. The van der Waals surface area contributed by atoms with E-state index in [1.807, 2.05) is 0 Å². The number of ether oxygens (including phenoxy) is 7. The van der Waals surface area contributed by atoms with Gasteiger partial charge >= 0.3 is 51.4 Å². The number of para-hydroxylation sites is 6. The summed E-state index contributed by atoms with van der Waals surface area (Å²) in [5.74, 6) is -4.37. The zero-order chi connectivity index (χ0) is 111. The third kappa shape index (κ3) is 24.4. The Kier molecular flexibility index (Phi) is 17.6. The molecule has 113 heavy (non-hydrogen) atoms. The molecule has 0 unspecified atom stereocenters. The number of methoxy groups -OCH3 is 3. The second kappa shape index (κ2) is 39.4. The SMILES string of the molecule is [2H]C([2H])([2H])C(c1ccc(S(N)(=O)=O)cc1)(C([2H])([2H])[2H])C([2H])([2H])[2H].[2H]C([2H])([2H])Oc1ccccc1Oc1c(Cl)nc(-c2ncccn2)nc1Cl.[2H]C([2H])([2H])Oc1ccccc1Oc1c(Cl)nc(-c2ncccn2)nc1[N-]S(=O)(=O)c1ccc(C(C([2H])([2H])[2H])(C([2H])([2H])[2H])C([2H])([2H])[2H])cc1.[2H]C([2H])([2H])Oc1ccccc1Oc1c(NS(=O)(=O)c2ccc(C(C([2H])([2H])[2H])(C([2H])([2H])[2H])C([2H])([2H])[2H])cc2)nc(-c2ncccn2)nc1OCCO.[K+]. The van der Waals surface area contributed by atoms with Gasteiger partial charge in [-0.1, -0.05) is 169 Å². The Morgan fingerprint density at radius 3 is 1.15 bits per heavy atom. The summed E-state index contributed by atoms with van der Waals surface area (Å²) < 4.78 is 397. The van der Waals surface area contributed by atoms with E-state index >= 15 is 0 Å². The molecule has 0 spiro atoms. The first-order valence-corrected chi connectivity index (χ1v) is 36.4. The van der Waals surface area contributed by atoms with Gasteiger partial charge in [-0.2, -0.15) is 4.98 Å². The molecule has 12 aromatic rings. The summed E-state index contributed by atoms with van der Waals surface area (Å²) >= 11 is 18.7. The zero-order valence-corrected chi connectivity index (χ0v) is 65.3. The molecule has 0 aliphatic rings. The molecule has 6 aromatic heterocycles. The normalized spacial score (nSPS) is 17.5. The number of primary sulfonamides is 1. The molecule has 12 rings (SSSR count). The van der Waals surface area contributed by atoms with E-state index in [4.69, 9.17) is 122 Å². The van der Waals surface area contributed by atoms with Crippen LogP contribution in [-0.2, 0) is 46.3 Å². The number of nitrogens with zero attached hydrogens (tertiary/aromatic N) is 13. The quantitative estimate of drug-likeness (QED) is 0.0419. The van der Waals surface area contributed by atoms with E-state index in [0.717, 1.165) is 72.8 Å². The molecule has 0 saturated heterocycles. The Balaban J connectivity index is 0.000000254. The van der Waals surface area contributed by atoms with Gasteiger partial charge in [0.05, 0.1) is 60.6 Å². The molecular formula is C77H77Cl3KN15O14S3. The summed E-state index contributed by atoms with van der Waals surface area (Å²) in [6.07, 6.45) is 8.44. The van der Waals surface area contributed by atoms with Crippen LogP contribution in [0.15, 0.2) is 216 Å². The average Bonchev–Trinajstić information content (AvgIpc) is 0.714. The largest absolute Gasteiger partial charge is 1.00 e. The second-order valence-corrected chi connectivity index (χ2v) is 27.7. The van der Waals surface area contributed by atoms with E-state index in [1.54, 1.807) is 18.2 Å². The predicted octanol–water partition coefficient (Wildman–Crippen LogP) is 13.0. The molecular weight excluding hydrogens is 1600 g/mol. The van der Waals surface area contributed by atoms with Crippen molar-refractivity contribution in [2.75, 3.05) is 39.0 Å². The van der Waals surface area contributed by atoms with Crippen molar-refractivity contribution in [2.24, 2.45) is 5.14 Å². The first kappa shape index (κ1) is 50.5. The van der Waals surface area contributed by atoms with Crippen LogP contribution in [0.3, 0.4) is 0 Å². The summed E-state index contributed by atoms with van der Waals surface area (Å²) in [5, 5.41) is 13.7. The topological polar surface area (TPSA) is 394 Å². The number of nitrogens with two attached hydrogens (primary N) is 1. The summed E-state index contributed by atoms with van der Waals surface area (Å²) in [6.45, 7) is -32.6. The standard InChI is InChI=1S/C27H29N5O6S.C25H23ClN5O4S.C15H10Cl2N4O2.C10H15NO2S.K/c1-27(2,3)18-10-12-19(13-11-18)39(34,35)32-23-22(38-21-9-6-5-8-20(21)36-4)26(37-17-16-33)31-25(30-23)24-28-14-7-15-29-24;1-25(2,3)16-10-12-17(13-11-16)36(32,33)31-22-20(35-19-9-6-5-8-18(19)34-4)21(26)29-24(30-22)23-27-14-7-15-28-23;1-22-9-5-2-3-6-10(9)23-11-12(16)20-15(21-13(11)17)14-18-7-4-8-19-14;1-10(2,3)8-4-6-9(7-5-8)14(11,12)13;/h5-15,33H,16-17H2,1-4H3,(H,30,31,32);5-15H,1-4H3;2-8H,1H3;4-7H,1-3H3,(H2,11,12,13);/q;-1;;;+1/i2*1D3,2D3,3D3,4D3;1D3;1D3,2D3,3D3;. The van der Waals surface area contributed by atoms with E-state index in [9.17, 15) is 30.4 Å². The number of sulfonamides is 3. The van der Waals surface area contributed by atoms with E-state index in [1.165, 1.54) is 110 Å². The number of hydrogen-bond acceptors (Lipinski definition) is 26. The van der Waals surface area contributed by atoms with Gasteiger partial charge in [-0.15, -0.1) is 0 Å². The fourth-order valence-electron chi connectivity index (χ4n) is 8.61. The Labute approximate surface area is 763 Å². The van der Waals surface area contributed by atoms with Crippen molar-refractivity contribution in [3.8, 4) is 92.6 Å². The van der Waals surface area contributed by atoms with E-state index < -0.39 is 201 Å². The van der Waals surface area contributed by atoms with Crippen LogP contribution in [-0.4, -0.2) is 124 Å². The predicted molar refractivity (Wildman–Crippen MR) is 424 cm³/mol. The van der Waals surface area contributed by atoms with Crippen LogP contribution in [0.4, 0.5) is 11.6 Å². The average molecular weight is 1710 g/mol. The van der Waals surface area contributed by atoms with Gasteiger partial charge in [0, 0.05) is 74.2 Å². The minimum atomic E-state index is -4.84. The smallest absolute Gasteiger partial charge is 0.493 e. The fraction of sp³-hybridized carbons (Fsp3) is 0.221. The molecule has 0 aliphatic heterocycles. The monoisotopic (exact) mass is 1710 g/mol. The van der Waals surface area contributed by atoms with Gasteiger partial charge < -0.3 is 48.0 Å². The van der Waals surface area contributed by atoms with Gasteiger partial charge in [0.2, 0.25) is 43.2 Å². The van der Waals surface area contributed by atoms with Gasteiger partial charge in [-0.3, -0.25) is 4.72 Å². The van der Waals surface area contributed by atoms with Gasteiger partial charge in [-0.25, -0.2) is 80.2 Å². The van der Waals surface area contributed by atoms with Crippen molar-refractivity contribution in [1.29, 1.82) is 0 Å². The van der Waals surface area contributed by atoms with Crippen molar-refractivity contribution in [1.82, 2.24) is 59.8 Å². The number of aliphatic hydroxyl groups excluding tert-OH is 1. The molecule has 29 nitrogen and oxygen atoms in total. The minimum Gasteiger partial charge on any atom is -0.493 e. The molecule has 6 aromatic carbocycles. The molecule has 4 N–H and O–H groups in total.